The van der Waals surface area contributed by atoms with E-state index < -0.39 is 0 Å². The molecule has 0 aliphatic rings. The molecule has 2 nitrogen and oxygen atoms in total. The van der Waals surface area contributed by atoms with Crippen molar-refractivity contribution in [1.82, 2.24) is 4.98 Å². The summed E-state index contributed by atoms with van der Waals surface area (Å²) in [5, 5.41) is 5.77. The first-order chi connectivity index (χ1) is 6.18. The number of thiazole rings is 1. The second kappa shape index (κ2) is 3.54. The minimum absolute atomic E-state index is 0.113. The van der Waals surface area contributed by atoms with Gasteiger partial charge in [0.25, 0.3) is 0 Å². The predicted octanol–water partition coefficient (Wildman–Crippen LogP) is 3.65. The van der Waals surface area contributed by atoms with Gasteiger partial charge in [-0.05, 0) is 20.8 Å². The van der Waals surface area contributed by atoms with Gasteiger partial charge in [0.05, 0.1) is 11.2 Å². The minimum Gasteiger partial charge on any atom is -0.371 e. The van der Waals surface area contributed by atoms with Crippen LogP contribution in [0.1, 0.15) is 46.6 Å². The van der Waals surface area contributed by atoms with Crippen LogP contribution in [0.5, 0.6) is 0 Å². The molecule has 0 spiro atoms. The van der Waals surface area contributed by atoms with E-state index in [-0.39, 0.29) is 11.0 Å². The highest BCUT2D eigenvalue weighted by atomic mass is 32.1. The van der Waals surface area contributed by atoms with Gasteiger partial charge in [0, 0.05) is 11.0 Å². The Morgan fingerprint density at radius 3 is 2.07 bits per heavy atom. The van der Waals surface area contributed by atoms with Gasteiger partial charge in [-0.2, -0.15) is 0 Å². The Morgan fingerprint density at radius 2 is 1.71 bits per heavy atom. The molecule has 1 rings (SSSR count). The number of hydrogen-bond donors (Lipinski definition) is 1. The Kier molecular flexibility index (Phi) is 2.91. The van der Waals surface area contributed by atoms with Crippen LogP contribution in [0.25, 0.3) is 0 Å². The van der Waals surface area contributed by atoms with Gasteiger partial charge in [-0.25, -0.2) is 4.98 Å². The summed E-state index contributed by atoms with van der Waals surface area (Å²) in [6.07, 6.45) is 1.93. The predicted molar refractivity (Wildman–Crippen MR) is 64.2 cm³/mol. The van der Waals surface area contributed by atoms with Crippen molar-refractivity contribution in [2.75, 3.05) is 5.32 Å². The fraction of sp³-hybridized carbons (Fsp3) is 0.727. The van der Waals surface area contributed by atoms with Gasteiger partial charge in [-0.1, -0.05) is 20.8 Å². The van der Waals surface area contributed by atoms with E-state index in [4.69, 9.17) is 0 Å². The lowest BCUT2D eigenvalue weighted by molar-refractivity contribution is 0.585. The SMILES string of the molecule is CC(C)(C)Nc1cnc(C(C)(C)C)s1. The lowest BCUT2D eigenvalue weighted by Crippen LogP contribution is -2.25. The number of nitrogens with one attached hydrogen (secondary N) is 1. The first kappa shape index (κ1) is 11.5. The van der Waals surface area contributed by atoms with Crippen LogP contribution in [0.3, 0.4) is 0 Å². The van der Waals surface area contributed by atoms with Crippen LogP contribution in [0, 0.1) is 0 Å². The van der Waals surface area contributed by atoms with Crippen molar-refractivity contribution in [3.8, 4) is 0 Å². The molecule has 0 saturated heterocycles. The van der Waals surface area contributed by atoms with Crippen molar-refractivity contribution in [3.05, 3.63) is 11.2 Å². The van der Waals surface area contributed by atoms with Crippen molar-refractivity contribution < 1.29 is 0 Å². The van der Waals surface area contributed by atoms with Gasteiger partial charge in [0.1, 0.15) is 5.00 Å². The van der Waals surface area contributed by atoms with Crippen LogP contribution in [-0.2, 0) is 5.41 Å². The zero-order chi connectivity index (χ0) is 11.0. The summed E-state index contributed by atoms with van der Waals surface area (Å²) in [7, 11) is 0. The Hall–Kier alpha value is -0.570. The fourth-order valence-corrected chi connectivity index (χ4v) is 2.13. The molecule has 0 aliphatic heterocycles. The third-order valence-electron chi connectivity index (χ3n) is 1.65. The van der Waals surface area contributed by atoms with E-state index in [0.29, 0.717) is 0 Å². The maximum Gasteiger partial charge on any atom is 0.109 e. The van der Waals surface area contributed by atoms with E-state index in [9.17, 15) is 0 Å². The largest absolute Gasteiger partial charge is 0.371 e. The van der Waals surface area contributed by atoms with Crippen LogP contribution in [-0.4, -0.2) is 10.5 Å². The molecule has 0 aliphatic carbocycles. The van der Waals surface area contributed by atoms with Gasteiger partial charge in [0.2, 0.25) is 0 Å². The van der Waals surface area contributed by atoms with E-state index in [1.807, 2.05) is 6.20 Å². The van der Waals surface area contributed by atoms with E-state index >= 15 is 0 Å². The molecule has 14 heavy (non-hydrogen) atoms. The Morgan fingerprint density at radius 1 is 1.14 bits per heavy atom. The van der Waals surface area contributed by atoms with Gasteiger partial charge in [-0.15, -0.1) is 11.3 Å². The Balaban J connectivity index is 2.79. The minimum atomic E-state index is 0.113. The Labute approximate surface area is 90.8 Å². The van der Waals surface area contributed by atoms with Crippen LogP contribution in [0.4, 0.5) is 5.00 Å². The van der Waals surface area contributed by atoms with E-state index in [1.165, 1.54) is 5.01 Å². The second-order valence-electron chi connectivity index (χ2n) is 5.65. The van der Waals surface area contributed by atoms with Crippen LogP contribution < -0.4 is 5.32 Å². The van der Waals surface area contributed by atoms with Crippen molar-refractivity contribution in [2.45, 2.75) is 52.5 Å². The number of aromatic nitrogens is 1. The van der Waals surface area contributed by atoms with Crippen molar-refractivity contribution in [3.63, 3.8) is 0 Å². The first-order valence-corrected chi connectivity index (χ1v) is 5.75. The molecule has 0 atom stereocenters. The van der Waals surface area contributed by atoms with Gasteiger partial charge in [-0.3, -0.25) is 0 Å². The summed E-state index contributed by atoms with van der Waals surface area (Å²) in [4.78, 5) is 4.43. The van der Waals surface area contributed by atoms with Gasteiger partial charge in [0.15, 0.2) is 0 Å². The average Bonchev–Trinajstić information content (AvgIpc) is 2.29. The molecule has 0 bridgehead atoms. The lowest BCUT2D eigenvalue weighted by Gasteiger charge is -2.20. The quantitative estimate of drug-likeness (QED) is 0.768. The molecule has 0 amide bonds. The molecule has 1 heterocycles. The molecule has 0 fully saturated rings. The molecular formula is C11H20N2S. The molecular weight excluding hydrogens is 192 g/mol. The summed E-state index contributed by atoms with van der Waals surface area (Å²) >= 11 is 1.74. The van der Waals surface area contributed by atoms with Crippen LogP contribution in [0.2, 0.25) is 0 Å². The average molecular weight is 212 g/mol. The molecule has 0 saturated carbocycles. The lowest BCUT2D eigenvalue weighted by atomic mass is 9.98. The van der Waals surface area contributed by atoms with E-state index in [2.05, 4.69) is 51.8 Å². The summed E-state index contributed by atoms with van der Waals surface area (Å²) < 4.78 is 0. The standard InChI is InChI=1S/C11H20N2S/c1-10(2,3)9-12-7-8(14-9)13-11(4,5)6/h7,13H,1-6H3. The highest BCUT2D eigenvalue weighted by Crippen LogP contribution is 2.30. The molecule has 0 aromatic carbocycles. The summed E-state index contributed by atoms with van der Waals surface area (Å²) in [5.41, 5.74) is 0.268. The second-order valence-corrected chi connectivity index (χ2v) is 6.69. The fourth-order valence-electron chi connectivity index (χ4n) is 1.05. The number of anilines is 1. The van der Waals surface area contributed by atoms with E-state index in [0.717, 1.165) is 5.00 Å². The van der Waals surface area contributed by atoms with Crippen molar-refractivity contribution >= 4 is 16.3 Å². The monoisotopic (exact) mass is 212 g/mol. The van der Waals surface area contributed by atoms with Crippen LogP contribution >= 0.6 is 11.3 Å². The van der Waals surface area contributed by atoms with E-state index in [1.54, 1.807) is 11.3 Å². The number of hydrogen-bond acceptors (Lipinski definition) is 3. The molecule has 1 aromatic heterocycles. The molecule has 1 N–H and O–H groups in total. The molecule has 80 valence electrons. The normalized spacial score (nSPS) is 13.0. The third kappa shape index (κ3) is 3.29. The maximum absolute atomic E-state index is 4.43. The summed E-state index contributed by atoms with van der Waals surface area (Å²) in [6, 6.07) is 0. The number of rotatable bonds is 1. The highest BCUT2D eigenvalue weighted by Gasteiger charge is 2.19. The summed E-state index contributed by atoms with van der Waals surface area (Å²) in [5.74, 6) is 0. The summed E-state index contributed by atoms with van der Waals surface area (Å²) in [6.45, 7) is 13.0. The molecule has 3 heteroatoms. The Bertz CT molecular complexity index is 302. The third-order valence-corrected chi connectivity index (χ3v) is 2.98. The van der Waals surface area contributed by atoms with Crippen LogP contribution in [0.15, 0.2) is 6.20 Å². The zero-order valence-corrected chi connectivity index (χ0v) is 10.7. The number of nitrogens with zero attached hydrogens (tertiary/aromatic N) is 1. The first-order valence-electron chi connectivity index (χ1n) is 4.93. The smallest absolute Gasteiger partial charge is 0.109 e. The molecule has 0 radical (unpaired) electrons. The highest BCUT2D eigenvalue weighted by molar-refractivity contribution is 7.15. The van der Waals surface area contributed by atoms with Crippen molar-refractivity contribution in [2.24, 2.45) is 0 Å². The maximum atomic E-state index is 4.43. The zero-order valence-electron chi connectivity index (χ0n) is 9.93. The van der Waals surface area contributed by atoms with Crippen molar-refractivity contribution in [1.29, 1.82) is 0 Å². The van der Waals surface area contributed by atoms with Gasteiger partial charge < -0.3 is 5.32 Å². The van der Waals surface area contributed by atoms with Gasteiger partial charge >= 0.3 is 0 Å². The molecule has 1 aromatic rings. The molecule has 0 unspecified atom stereocenters. The topological polar surface area (TPSA) is 24.9 Å².